The van der Waals surface area contributed by atoms with Crippen LogP contribution in [0, 0.1) is 0 Å². The minimum Gasteiger partial charge on any atom is -0.494 e. The number of carbonyl (C=O) groups excluding carboxylic acids is 1. The number of ether oxygens (including phenoxy) is 2. The maximum absolute atomic E-state index is 12.0. The third-order valence-electron chi connectivity index (χ3n) is 5.31. The van der Waals surface area contributed by atoms with Crippen LogP contribution in [0.4, 0.5) is 0 Å². The highest BCUT2D eigenvalue weighted by Crippen LogP contribution is 2.20. The standard InChI is InChI=1S/C24H24N6O3/c31-23-6-2-12-32-19-9-7-18(8-10-19)30-24-21(28-29-30)16-26-22(27-24)15-17-4-1-5-20(14-17)33-13-3-11-25-23/h1,4-5,7-10,14,16H,2-3,6,11-13,15H2,(H,25,31). The molecule has 0 radical (unpaired) electrons. The summed E-state index contributed by atoms with van der Waals surface area (Å²) in [6, 6.07) is 15.5. The number of carbonyl (C=O) groups is 1. The summed E-state index contributed by atoms with van der Waals surface area (Å²) in [6.07, 6.45) is 4.06. The van der Waals surface area contributed by atoms with Crippen LogP contribution in [-0.4, -0.2) is 50.6 Å². The fraction of sp³-hybridized carbons (Fsp3) is 0.292. The molecule has 1 N–H and O–H groups in total. The zero-order valence-corrected chi connectivity index (χ0v) is 18.1. The quantitative estimate of drug-likeness (QED) is 0.445. The van der Waals surface area contributed by atoms with Crippen LogP contribution in [0.2, 0.25) is 0 Å². The molecule has 4 heterocycles. The van der Waals surface area contributed by atoms with Gasteiger partial charge >= 0.3 is 0 Å². The number of rotatable bonds is 0. The zero-order valence-electron chi connectivity index (χ0n) is 18.1. The maximum Gasteiger partial charge on any atom is 0.220 e. The van der Waals surface area contributed by atoms with Gasteiger partial charge in [-0.3, -0.25) is 4.79 Å². The van der Waals surface area contributed by atoms with Crippen molar-refractivity contribution >= 4 is 17.1 Å². The molecule has 0 unspecified atom stereocenters. The van der Waals surface area contributed by atoms with Gasteiger partial charge in [0.05, 0.1) is 25.1 Å². The van der Waals surface area contributed by atoms with Gasteiger partial charge in [0, 0.05) is 19.4 Å². The molecular formula is C24H24N6O3. The van der Waals surface area contributed by atoms with Gasteiger partial charge in [-0.25, -0.2) is 9.97 Å². The van der Waals surface area contributed by atoms with E-state index in [1.54, 1.807) is 10.9 Å². The Balaban J connectivity index is 1.44. The van der Waals surface area contributed by atoms with Gasteiger partial charge in [0.1, 0.15) is 17.3 Å². The predicted molar refractivity (Wildman–Crippen MR) is 122 cm³/mol. The topological polar surface area (TPSA) is 104 Å². The van der Waals surface area contributed by atoms with E-state index in [0.29, 0.717) is 56.0 Å². The zero-order chi connectivity index (χ0) is 22.5. The molecule has 6 bridgehead atoms. The molecule has 4 aromatic rings. The number of fused-ring (bicyclic) bond motifs is 11. The molecule has 2 aliphatic rings. The van der Waals surface area contributed by atoms with E-state index < -0.39 is 0 Å². The molecule has 0 atom stereocenters. The Kier molecular flexibility index (Phi) is 6.10. The van der Waals surface area contributed by atoms with Gasteiger partial charge in [-0.05, 0) is 54.8 Å². The molecule has 2 aromatic carbocycles. The average molecular weight is 444 g/mol. The van der Waals surface area contributed by atoms with Crippen molar-refractivity contribution in [3.05, 3.63) is 66.1 Å². The first-order valence-electron chi connectivity index (χ1n) is 11.0. The van der Waals surface area contributed by atoms with Gasteiger partial charge < -0.3 is 14.8 Å². The number of benzene rings is 2. The second-order valence-electron chi connectivity index (χ2n) is 7.82. The minimum absolute atomic E-state index is 0.0226. The maximum atomic E-state index is 12.0. The van der Waals surface area contributed by atoms with Crippen LogP contribution in [0.15, 0.2) is 54.7 Å². The monoisotopic (exact) mass is 444 g/mol. The molecule has 0 fully saturated rings. The molecule has 0 saturated carbocycles. The summed E-state index contributed by atoms with van der Waals surface area (Å²) in [6.45, 7) is 1.57. The smallest absolute Gasteiger partial charge is 0.220 e. The largest absolute Gasteiger partial charge is 0.494 e. The summed E-state index contributed by atoms with van der Waals surface area (Å²) in [5.74, 6) is 2.21. The Morgan fingerprint density at radius 3 is 2.73 bits per heavy atom. The lowest BCUT2D eigenvalue weighted by Crippen LogP contribution is -2.25. The van der Waals surface area contributed by atoms with Crippen molar-refractivity contribution in [2.24, 2.45) is 0 Å². The summed E-state index contributed by atoms with van der Waals surface area (Å²) < 4.78 is 13.3. The fourth-order valence-electron chi connectivity index (χ4n) is 3.64. The first-order valence-corrected chi connectivity index (χ1v) is 11.0. The summed E-state index contributed by atoms with van der Waals surface area (Å²) in [4.78, 5) is 21.2. The third kappa shape index (κ3) is 5.08. The molecule has 9 nitrogen and oxygen atoms in total. The van der Waals surface area contributed by atoms with Crippen LogP contribution in [0.5, 0.6) is 11.5 Å². The van der Waals surface area contributed by atoms with Crippen LogP contribution in [0.25, 0.3) is 16.9 Å². The van der Waals surface area contributed by atoms with Gasteiger partial charge in [-0.15, -0.1) is 5.10 Å². The summed E-state index contributed by atoms with van der Waals surface area (Å²) in [5.41, 5.74) is 3.15. The molecule has 1 amide bonds. The predicted octanol–water partition coefficient (Wildman–Crippen LogP) is 2.86. The number of amides is 1. The van der Waals surface area contributed by atoms with E-state index in [2.05, 4.69) is 20.6 Å². The lowest BCUT2D eigenvalue weighted by atomic mass is 10.1. The number of hydrogen-bond donors (Lipinski definition) is 1. The molecule has 9 heteroatoms. The van der Waals surface area contributed by atoms with Gasteiger partial charge in [0.25, 0.3) is 0 Å². The van der Waals surface area contributed by atoms with Crippen molar-refractivity contribution < 1.29 is 14.3 Å². The lowest BCUT2D eigenvalue weighted by Gasteiger charge is -2.10. The highest BCUT2D eigenvalue weighted by atomic mass is 16.5. The van der Waals surface area contributed by atoms with E-state index in [0.717, 1.165) is 29.2 Å². The van der Waals surface area contributed by atoms with Crippen molar-refractivity contribution in [3.63, 3.8) is 0 Å². The Morgan fingerprint density at radius 2 is 1.82 bits per heavy atom. The van der Waals surface area contributed by atoms with E-state index in [9.17, 15) is 4.79 Å². The molecular weight excluding hydrogens is 420 g/mol. The Labute approximate surface area is 190 Å². The first-order chi connectivity index (χ1) is 16.2. The molecule has 2 aromatic heterocycles. The average Bonchev–Trinajstić information content (AvgIpc) is 3.25. The van der Waals surface area contributed by atoms with Gasteiger partial charge in [-0.1, -0.05) is 17.3 Å². The molecule has 0 aliphatic carbocycles. The lowest BCUT2D eigenvalue weighted by molar-refractivity contribution is -0.121. The van der Waals surface area contributed by atoms with Crippen molar-refractivity contribution in [2.45, 2.75) is 25.7 Å². The molecule has 33 heavy (non-hydrogen) atoms. The second kappa shape index (κ2) is 9.64. The molecule has 168 valence electrons. The fourth-order valence-corrected chi connectivity index (χ4v) is 3.64. The summed E-state index contributed by atoms with van der Waals surface area (Å²) in [5, 5.41) is 11.4. The van der Waals surface area contributed by atoms with Crippen molar-refractivity contribution in [1.82, 2.24) is 30.3 Å². The van der Waals surface area contributed by atoms with Crippen LogP contribution in [-0.2, 0) is 11.2 Å². The molecule has 0 spiro atoms. The molecule has 6 rings (SSSR count). The summed E-state index contributed by atoms with van der Waals surface area (Å²) in [7, 11) is 0. The van der Waals surface area contributed by atoms with E-state index in [1.165, 1.54) is 0 Å². The molecule has 2 aliphatic heterocycles. The highest BCUT2D eigenvalue weighted by Gasteiger charge is 2.11. The Hall–Kier alpha value is -4.01. The SMILES string of the molecule is O=C1CCCOc2ccc(cc2)-n2nnc3cnc(nc32)Cc2cccc(c2)OCCCN1. The van der Waals surface area contributed by atoms with Crippen molar-refractivity contribution in [1.29, 1.82) is 0 Å². The summed E-state index contributed by atoms with van der Waals surface area (Å²) >= 11 is 0. The first kappa shape index (κ1) is 20.9. The normalized spacial score (nSPS) is 15.2. The van der Waals surface area contributed by atoms with Gasteiger partial charge in [0.15, 0.2) is 11.2 Å². The van der Waals surface area contributed by atoms with Gasteiger partial charge in [0.2, 0.25) is 5.91 Å². The van der Waals surface area contributed by atoms with Crippen molar-refractivity contribution in [3.8, 4) is 17.2 Å². The number of hydrogen-bond acceptors (Lipinski definition) is 7. The van der Waals surface area contributed by atoms with E-state index in [4.69, 9.17) is 14.5 Å². The van der Waals surface area contributed by atoms with E-state index in [-0.39, 0.29) is 5.91 Å². The van der Waals surface area contributed by atoms with Crippen molar-refractivity contribution in [2.75, 3.05) is 19.8 Å². The van der Waals surface area contributed by atoms with E-state index >= 15 is 0 Å². The number of nitrogens with one attached hydrogen (secondary N) is 1. The number of aromatic nitrogens is 5. The van der Waals surface area contributed by atoms with Crippen LogP contribution in [0.3, 0.4) is 0 Å². The van der Waals surface area contributed by atoms with Gasteiger partial charge in [-0.2, -0.15) is 4.68 Å². The van der Waals surface area contributed by atoms with E-state index in [1.807, 2.05) is 48.5 Å². The molecule has 0 saturated heterocycles. The Bertz CT molecular complexity index is 1250. The third-order valence-corrected chi connectivity index (χ3v) is 5.31. The van der Waals surface area contributed by atoms with Crippen LogP contribution < -0.4 is 14.8 Å². The minimum atomic E-state index is 0.0226. The Morgan fingerprint density at radius 1 is 0.970 bits per heavy atom. The second-order valence-corrected chi connectivity index (χ2v) is 7.82. The highest BCUT2D eigenvalue weighted by molar-refractivity contribution is 5.75. The number of nitrogens with zero attached hydrogens (tertiary/aromatic N) is 5. The van der Waals surface area contributed by atoms with Crippen LogP contribution >= 0.6 is 0 Å². The van der Waals surface area contributed by atoms with Crippen LogP contribution in [0.1, 0.15) is 30.7 Å².